The van der Waals surface area contributed by atoms with Gasteiger partial charge in [-0.2, -0.15) is 0 Å². The Morgan fingerprint density at radius 2 is 1.75 bits per heavy atom. The van der Waals surface area contributed by atoms with Gasteiger partial charge >= 0.3 is 0 Å². The highest BCUT2D eigenvalue weighted by atomic mass is 16.6. The van der Waals surface area contributed by atoms with Crippen LogP contribution in [0.3, 0.4) is 0 Å². The van der Waals surface area contributed by atoms with Crippen LogP contribution in [0.5, 0.6) is 0 Å². The van der Waals surface area contributed by atoms with E-state index < -0.39 is 37.3 Å². The van der Waals surface area contributed by atoms with Crippen molar-refractivity contribution in [3.05, 3.63) is 0 Å². The summed E-state index contributed by atoms with van der Waals surface area (Å²) >= 11 is 0. The second-order valence-electron chi connectivity index (χ2n) is 2.89. The molecule has 0 amide bonds. The third-order valence-corrected chi connectivity index (χ3v) is 2.03. The highest BCUT2D eigenvalue weighted by molar-refractivity contribution is 4.87. The van der Waals surface area contributed by atoms with Crippen molar-refractivity contribution in [1.29, 1.82) is 0 Å². The largest absolute Gasteiger partial charge is 0.394 e. The summed E-state index contributed by atoms with van der Waals surface area (Å²) in [5.41, 5.74) is 3.41. The van der Waals surface area contributed by atoms with Gasteiger partial charge in [-0.3, -0.25) is 0 Å². The first kappa shape index (κ1) is 9.85. The number of ether oxygens (including phenoxy) is 1. The summed E-state index contributed by atoms with van der Waals surface area (Å²) in [4.78, 5) is 0. The van der Waals surface area contributed by atoms with Gasteiger partial charge in [0.1, 0.15) is 18.3 Å². The van der Waals surface area contributed by atoms with Gasteiger partial charge in [0.05, 0.1) is 6.61 Å². The molecule has 1 aliphatic heterocycles. The number of rotatable bonds is 1. The maximum Gasteiger partial charge on any atom is 0.211 e. The van der Waals surface area contributed by atoms with Gasteiger partial charge in [0.25, 0.3) is 0 Å². The van der Waals surface area contributed by atoms with Crippen molar-refractivity contribution in [3.63, 3.8) is 0 Å². The number of quaternary nitrogens is 1. The van der Waals surface area contributed by atoms with Gasteiger partial charge in [-0.05, 0) is 0 Å². The van der Waals surface area contributed by atoms with E-state index in [1.807, 2.05) is 0 Å². The van der Waals surface area contributed by atoms with Gasteiger partial charge in [-0.15, -0.1) is 0 Å². The third-order valence-electron chi connectivity index (χ3n) is 2.03. The van der Waals surface area contributed by atoms with Crippen LogP contribution < -0.4 is 5.73 Å². The standard InChI is InChI=1S/C6H13NO5/c7-3-5(10)4(9)2(1-8)12-6(3)11/h2-6,8-11H,1,7H2/p+1. The van der Waals surface area contributed by atoms with E-state index in [0.29, 0.717) is 0 Å². The topological polar surface area (TPSA) is 118 Å². The predicted octanol–water partition coefficient (Wildman–Crippen LogP) is -3.97. The zero-order valence-electron chi connectivity index (χ0n) is 6.50. The summed E-state index contributed by atoms with van der Waals surface area (Å²) in [5, 5.41) is 36.3. The molecular weight excluding hydrogens is 166 g/mol. The summed E-state index contributed by atoms with van der Waals surface area (Å²) in [6, 6.07) is -0.789. The fourth-order valence-electron chi connectivity index (χ4n) is 1.15. The molecule has 0 radical (unpaired) electrons. The van der Waals surface area contributed by atoms with E-state index in [2.05, 4.69) is 5.73 Å². The van der Waals surface area contributed by atoms with Crippen molar-refractivity contribution in [3.8, 4) is 0 Å². The molecular formula is C6H14NO5+. The van der Waals surface area contributed by atoms with Gasteiger partial charge in [-0.25, -0.2) is 0 Å². The molecule has 0 aromatic heterocycles. The molecule has 7 N–H and O–H groups in total. The number of aliphatic hydroxyl groups excluding tert-OH is 4. The lowest BCUT2D eigenvalue weighted by Gasteiger charge is -2.36. The van der Waals surface area contributed by atoms with Gasteiger partial charge in [0.15, 0.2) is 6.04 Å². The molecule has 0 spiro atoms. The van der Waals surface area contributed by atoms with E-state index in [0.717, 1.165) is 0 Å². The number of aliphatic hydroxyl groups is 4. The van der Waals surface area contributed by atoms with E-state index in [1.54, 1.807) is 0 Å². The summed E-state index contributed by atoms with van der Waals surface area (Å²) in [6.07, 6.45) is -4.53. The number of hydrogen-bond donors (Lipinski definition) is 5. The maximum atomic E-state index is 9.25. The van der Waals surface area contributed by atoms with Gasteiger partial charge in [0.2, 0.25) is 6.29 Å². The minimum absolute atomic E-state index is 0.442. The average molecular weight is 180 g/mol. The Morgan fingerprint density at radius 3 is 2.25 bits per heavy atom. The van der Waals surface area contributed by atoms with Crippen LogP contribution in [0.4, 0.5) is 0 Å². The Labute approximate surface area is 69.2 Å². The Kier molecular flexibility index (Phi) is 2.99. The monoisotopic (exact) mass is 180 g/mol. The van der Waals surface area contributed by atoms with E-state index in [-0.39, 0.29) is 0 Å². The molecule has 6 nitrogen and oxygen atoms in total. The lowest BCUT2D eigenvalue weighted by molar-refractivity contribution is -0.497. The van der Waals surface area contributed by atoms with Crippen molar-refractivity contribution in [2.24, 2.45) is 0 Å². The smallest absolute Gasteiger partial charge is 0.211 e. The van der Waals surface area contributed by atoms with Crippen molar-refractivity contribution < 1.29 is 30.9 Å². The predicted molar refractivity (Wildman–Crippen MR) is 36.7 cm³/mol. The molecule has 0 saturated carbocycles. The molecule has 1 heterocycles. The van der Waals surface area contributed by atoms with E-state index >= 15 is 0 Å². The average Bonchev–Trinajstić information content (AvgIpc) is 2.08. The third kappa shape index (κ3) is 1.58. The first-order chi connectivity index (χ1) is 5.57. The molecule has 0 aromatic carbocycles. The van der Waals surface area contributed by atoms with Crippen LogP contribution in [0, 0.1) is 0 Å². The van der Waals surface area contributed by atoms with Crippen LogP contribution in [-0.2, 0) is 4.74 Å². The number of hydrogen-bond acceptors (Lipinski definition) is 5. The molecule has 1 fully saturated rings. The molecule has 1 aliphatic rings. The molecule has 1 rings (SSSR count). The summed E-state index contributed by atoms with van der Waals surface area (Å²) in [6.45, 7) is -0.442. The Morgan fingerprint density at radius 1 is 1.17 bits per heavy atom. The second-order valence-corrected chi connectivity index (χ2v) is 2.89. The molecule has 0 bridgehead atoms. The van der Waals surface area contributed by atoms with Crippen LogP contribution in [0.2, 0.25) is 0 Å². The molecule has 72 valence electrons. The van der Waals surface area contributed by atoms with Crippen molar-refractivity contribution in [2.45, 2.75) is 30.6 Å². The van der Waals surface area contributed by atoms with E-state index in [1.165, 1.54) is 0 Å². The van der Waals surface area contributed by atoms with Crippen LogP contribution in [-0.4, -0.2) is 57.7 Å². The maximum absolute atomic E-state index is 9.25. The molecule has 0 aliphatic carbocycles. The molecule has 1 saturated heterocycles. The van der Waals surface area contributed by atoms with Crippen LogP contribution in [0.25, 0.3) is 0 Å². The lowest BCUT2D eigenvalue weighted by atomic mass is 9.98. The second kappa shape index (κ2) is 3.65. The molecule has 5 atom stereocenters. The van der Waals surface area contributed by atoms with Crippen molar-refractivity contribution in [2.75, 3.05) is 6.61 Å². The first-order valence-corrected chi connectivity index (χ1v) is 3.71. The van der Waals surface area contributed by atoms with Gasteiger partial charge < -0.3 is 30.9 Å². The minimum Gasteiger partial charge on any atom is -0.394 e. The molecule has 0 aromatic rings. The highest BCUT2D eigenvalue weighted by Gasteiger charge is 2.43. The van der Waals surface area contributed by atoms with E-state index in [9.17, 15) is 10.2 Å². The molecule has 12 heavy (non-hydrogen) atoms. The fraction of sp³-hybridized carbons (Fsp3) is 1.00. The molecule has 6 heteroatoms. The SMILES string of the molecule is [NH3+]C1C(O)OC(CO)C(O)C1O. The van der Waals surface area contributed by atoms with Crippen LogP contribution >= 0.6 is 0 Å². The minimum atomic E-state index is -1.24. The highest BCUT2D eigenvalue weighted by Crippen LogP contribution is 2.16. The Bertz CT molecular complexity index is 150. The summed E-state index contributed by atoms with van der Waals surface area (Å²) < 4.78 is 4.76. The van der Waals surface area contributed by atoms with Crippen molar-refractivity contribution in [1.82, 2.24) is 0 Å². The zero-order valence-corrected chi connectivity index (χ0v) is 6.50. The van der Waals surface area contributed by atoms with Gasteiger partial charge in [-0.1, -0.05) is 0 Å². The lowest BCUT2D eigenvalue weighted by Crippen LogP contribution is -2.77. The summed E-state index contributed by atoms with van der Waals surface area (Å²) in [5.74, 6) is 0. The zero-order chi connectivity index (χ0) is 9.30. The Balaban J connectivity index is 2.63. The van der Waals surface area contributed by atoms with Gasteiger partial charge in [0, 0.05) is 0 Å². The molecule has 5 unspecified atom stereocenters. The van der Waals surface area contributed by atoms with E-state index in [4.69, 9.17) is 14.9 Å². The first-order valence-electron chi connectivity index (χ1n) is 3.71. The normalized spacial score (nSPS) is 49.2. The Hall–Kier alpha value is -0.240. The van der Waals surface area contributed by atoms with Crippen LogP contribution in [0.15, 0.2) is 0 Å². The quantitative estimate of drug-likeness (QED) is 0.282. The van der Waals surface area contributed by atoms with Crippen molar-refractivity contribution >= 4 is 0 Å². The fourth-order valence-corrected chi connectivity index (χ4v) is 1.15. The summed E-state index contributed by atoms with van der Waals surface area (Å²) in [7, 11) is 0. The van der Waals surface area contributed by atoms with Crippen LogP contribution in [0.1, 0.15) is 0 Å².